The normalized spacial score (nSPS) is 11.6. The van der Waals surface area contributed by atoms with Crippen LogP contribution in [-0.4, -0.2) is 13.4 Å². The van der Waals surface area contributed by atoms with E-state index in [0.29, 0.717) is 5.92 Å². The smallest absolute Gasteiger partial charge is 0.263 e. The summed E-state index contributed by atoms with van der Waals surface area (Å²) in [6.45, 7) is 4.05. The van der Waals surface area contributed by atoms with Gasteiger partial charge in [0.15, 0.2) is 0 Å². The molecule has 0 bridgehead atoms. The Hall–Kier alpha value is -1.95. The second-order valence-electron chi connectivity index (χ2n) is 4.67. The number of hydrogen-bond donors (Lipinski definition) is 1. The van der Waals surface area contributed by atoms with Gasteiger partial charge in [0.05, 0.1) is 4.90 Å². The zero-order chi connectivity index (χ0) is 14.8. The van der Waals surface area contributed by atoms with Crippen molar-refractivity contribution < 1.29 is 12.8 Å². The standard InChI is InChI=1S/C14H15FN2O2S/c1-10(2)11-6-8-12(9-7-11)20(18,19)17-14-5-3-4-13(15)16-14/h3-10H,1-2H3,(H,16,17). The predicted octanol–water partition coefficient (Wildman–Crippen LogP) is 3.14. The van der Waals surface area contributed by atoms with Crippen molar-refractivity contribution in [2.24, 2.45) is 0 Å². The number of rotatable bonds is 4. The number of pyridine rings is 1. The van der Waals surface area contributed by atoms with E-state index in [1.165, 1.54) is 24.3 Å². The van der Waals surface area contributed by atoms with Gasteiger partial charge in [-0.2, -0.15) is 4.39 Å². The zero-order valence-corrected chi connectivity index (χ0v) is 12.0. The molecule has 0 saturated carbocycles. The fourth-order valence-electron chi connectivity index (χ4n) is 1.69. The molecule has 0 unspecified atom stereocenters. The largest absolute Gasteiger partial charge is 0.263 e. The van der Waals surface area contributed by atoms with E-state index < -0.39 is 16.0 Å². The molecule has 0 fully saturated rings. The lowest BCUT2D eigenvalue weighted by molar-refractivity contribution is 0.584. The Morgan fingerprint density at radius 3 is 2.30 bits per heavy atom. The molecule has 0 atom stereocenters. The molecule has 0 amide bonds. The van der Waals surface area contributed by atoms with Gasteiger partial charge in [-0.15, -0.1) is 0 Å². The fourth-order valence-corrected chi connectivity index (χ4v) is 2.69. The maximum atomic E-state index is 12.9. The third kappa shape index (κ3) is 3.33. The topological polar surface area (TPSA) is 59.1 Å². The molecular weight excluding hydrogens is 279 g/mol. The Balaban J connectivity index is 2.26. The van der Waals surface area contributed by atoms with Crippen LogP contribution in [0.25, 0.3) is 0 Å². The molecule has 1 N–H and O–H groups in total. The van der Waals surface area contributed by atoms with Gasteiger partial charge in [-0.25, -0.2) is 13.4 Å². The van der Waals surface area contributed by atoms with Crippen LogP contribution in [0.5, 0.6) is 0 Å². The van der Waals surface area contributed by atoms with Gasteiger partial charge in [0.2, 0.25) is 5.95 Å². The first-order valence-corrected chi connectivity index (χ1v) is 7.62. The van der Waals surface area contributed by atoms with Crippen LogP contribution in [0.2, 0.25) is 0 Å². The predicted molar refractivity (Wildman–Crippen MR) is 75.5 cm³/mol. The van der Waals surface area contributed by atoms with Crippen molar-refractivity contribution in [3.8, 4) is 0 Å². The van der Waals surface area contributed by atoms with Gasteiger partial charge in [0.25, 0.3) is 10.0 Å². The third-order valence-corrected chi connectivity index (χ3v) is 4.18. The van der Waals surface area contributed by atoms with Crippen molar-refractivity contribution in [2.45, 2.75) is 24.7 Å². The Labute approximate surface area is 117 Å². The van der Waals surface area contributed by atoms with Gasteiger partial charge in [-0.05, 0) is 35.7 Å². The molecule has 0 radical (unpaired) electrons. The van der Waals surface area contributed by atoms with Crippen LogP contribution in [0.15, 0.2) is 47.4 Å². The highest BCUT2D eigenvalue weighted by molar-refractivity contribution is 7.92. The Morgan fingerprint density at radius 1 is 1.10 bits per heavy atom. The SMILES string of the molecule is CC(C)c1ccc(S(=O)(=O)Nc2cccc(F)n2)cc1. The molecule has 106 valence electrons. The van der Waals surface area contributed by atoms with Gasteiger partial charge >= 0.3 is 0 Å². The average molecular weight is 294 g/mol. The van der Waals surface area contributed by atoms with E-state index >= 15 is 0 Å². The molecule has 2 rings (SSSR count). The van der Waals surface area contributed by atoms with E-state index in [1.807, 2.05) is 13.8 Å². The van der Waals surface area contributed by atoms with Gasteiger partial charge in [-0.1, -0.05) is 32.0 Å². The summed E-state index contributed by atoms with van der Waals surface area (Å²) in [6, 6.07) is 10.5. The lowest BCUT2D eigenvalue weighted by atomic mass is 10.0. The molecule has 4 nitrogen and oxygen atoms in total. The summed E-state index contributed by atoms with van der Waals surface area (Å²) >= 11 is 0. The maximum Gasteiger partial charge on any atom is 0.263 e. The Kier molecular flexibility index (Phi) is 4.04. The highest BCUT2D eigenvalue weighted by atomic mass is 32.2. The summed E-state index contributed by atoms with van der Waals surface area (Å²) in [7, 11) is -3.75. The molecule has 0 aliphatic heterocycles. The van der Waals surface area contributed by atoms with Crippen LogP contribution in [0.3, 0.4) is 0 Å². The summed E-state index contributed by atoms with van der Waals surface area (Å²) < 4.78 is 39.4. The lowest BCUT2D eigenvalue weighted by Crippen LogP contribution is -2.14. The summed E-state index contributed by atoms with van der Waals surface area (Å²) in [5.41, 5.74) is 1.05. The van der Waals surface area contributed by atoms with Gasteiger partial charge in [0.1, 0.15) is 5.82 Å². The number of aromatic nitrogens is 1. The number of nitrogens with zero attached hydrogens (tertiary/aromatic N) is 1. The lowest BCUT2D eigenvalue weighted by Gasteiger charge is -2.09. The molecule has 6 heteroatoms. The van der Waals surface area contributed by atoms with Crippen LogP contribution in [-0.2, 0) is 10.0 Å². The van der Waals surface area contributed by atoms with E-state index in [9.17, 15) is 12.8 Å². The minimum atomic E-state index is -3.75. The Bertz CT molecular complexity index is 697. The van der Waals surface area contributed by atoms with Crippen molar-refractivity contribution in [1.29, 1.82) is 0 Å². The molecule has 0 spiro atoms. The molecule has 1 heterocycles. The molecule has 1 aromatic heterocycles. The first kappa shape index (κ1) is 14.5. The molecule has 0 aliphatic rings. The average Bonchev–Trinajstić information content (AvgIpc) is 2.38. The van der Waals surface area contributed by atoms with E-state index in [-0.39, 0.29) is 10.7 Å². The van der Waals surface area contributed by atoms with Crippen LogP contribution in [0.1, 0.15) is 25.3 Å². The van der Waals surface area contributed by atoms with Crippen molar-refractivity contribution in [3.05, 3.63) is 54.0 Å². The zero-order valence-electron chi connectivity index (χ0n) is 11.2. The number of hydrogen-bond acceptors (Lipinski definition) is 3. The molecule has 20 heavy (non-hydrogen) atoms. The van der Waals surface area contributed by atoms with Gasteiger partial charge < -0.3 is 0 Å². The van der Waals surface area contributed by atoms with E-state index in [1.54, 1.807) is 12.1 Å². The second-order valence-corrected chi connectivity index (χ2v) is 6.36. The summed E-state index contributed by atoms with van der Waals surface area (Å²) in [4.78, 5) is 3.59. The number of anilines is 1. The summed E-state index contributed by atoms with van der Waals surface area (Å²) in [6.07, 6.45) is 0. The maximum absolute atomic E-state index is 12.9. The highest BCUT2D eigenvalue weighted by Crippen LogP contribution is 2.19. The van der Waals surface area contributed by atoms with Crippen LogP contribution in [0.4, 0.5) is 10.2 Å². The number of nitrogens with one attached hydrogen (secondary N) is 1. The van der Waals surface area contributed by atoms with Gasteiger partial charge in [-0.3, -0.25) is 4.72 Å². The van der Waals surface area contributed by atoms with Crippen molar-refractivity contribution in [2.75, 3.05) is 4.72 Å². The third-order valence-electron chi connectivity index (χ3n) is 2.81. The number of halogens is 1. The van der Waals surface area contributed by atoms with Crippen molar-refractivity contribution in [3.63, 3.8) is 0 Å². The molecule has 0 aliphatic carbocycles. The quantitative estimate of drug-likeness (QED) is 0.881. The molecule has 2 aromatic rings. The van der Waals surface area contributed by atoms with Crippen LogP contribution >= 0.6 is 0 Å². The van der Waals surface area contributed by atoms with Crippen molar-refractivity contribution >= 4 is 15.8 Å². The minimum absolute atomic E-state index is 0.0436. The molecular formula is C14H15FN2O2S. The highest BCUT2D eigenvalue weighted by Gasteiger charge is 2.15. The first-order valence-electron chi connectivity index (χ1n) is 6.14. The molecule has 0 saturated heterocycles. The van der Waals surface area contributed by atoms with Crippen LogP contribution < -0.4 is 4.72 Å². The summed E-state index contributed by atoms with van der Waals surface area (Å²) in [5, 5.41) is 0. The molecule has 1 aromatic carbocycles. The van der Waals surface area contributed by atoms with E-state index in [4.69, 9.17) is 0 Å². The monoisotopic (exact) mass is 294 g/mol. The van der Waals surface area contributed by atoms with Gasteiger partial charge in [0, 0.05) is 0 Å². The summed E-state index contributed by atoms with van der Waals surface area (Å²) in [5.74, 6) is -0.456. The minimum Gasteiger partial charge on any atom is -0.263 e. The first-order chi connectivity index (χ1) is 9.38. The van der Waals surface area contributed by atoms with E-state index in [2.05, 4.69) is 9.71 Å². The number of benzene rings is 1. The second kappa shape index (κ2) is 5.58. The van der Waals surface area contributed by atoms with Crippen LogP contribution in [0, 0.1) is 5.95 Å². The Morgan fingerprint density at radius 2 is 1.75 bits per heavy atom. The van der Waals surface area contributed by atoms with Crippen molar-refractivity contribution in [1.82, 2.24) is 4.98 Å². The number of sulfonamides is 1. The fraction of sp³-hybridized carbons (Fsp3) is 0.214. The van der Waals surface area contributed by atoms with E-state index in [0.717, 1.165) is 11.6 Å².